The first-order valence-corrected chi connectivity index (χ1v) is 12.0. The van der Waals surface area contributed by atoms with Gasteiger partial charge in [-0.1, -0.05) is 43.3 Å². The van der Waals surface area contributed by atoms with Crippen LogP contribution < -0.4 is 16.2 Å². The highest BCUT2D eigenvalue weighted by Crippen LogP contribution is 2.38. The van der Waals surface area contributed by atoms with Crippen LogP contribution in [0.1, 0.15) is 42.4 Å². The first-order chi connectivity index (χ1) is 17.5. The lowest BCUT2D eigenvalue weighted by Gasteiger charge is -2.20. The number of hydrogen-bond acceptors (Lipinski definition) is 5. The molecule has 182 valence electrons. The number of ether oxygens (including phenoxy) is 1. The molecule has 6 nitrogen and oxygen atoms in total. The van der Waals surface area contributed by atoms with E-state index in [9.17, 15) is 0 Å². The van der Waals surface area contributed by atoms with Gasteiger partial charge in [-0.3, -0.25) is 0 Å². The fourth-order valence-electron chi connectivity index (χ4n) is 4.51. The van der Waals surface area contributed by atoms with E-state index in [1.807, 2.05) is 74.6 Å². The Morgan fingerprint density at radius 1 is 0.972 bits per heavy atom. The number of nitrogen functional groups attached to an aromatic ring is 2. The van der Waals surface area contributed by atoms with E-state index in [0.29, 0.717) is 35.2 Å². The molecule has 1 unspecified atom stereocenters. The number of benzene rings is 3. The standard InChI is InChI=1S/C29H28FN5O/c1-3-17-12-22(27(30)25(13-17)36-4-2)26(29-33-16-24(35-29)18-8-6-5-7-9-18)23-15-19-14-20(31)10-11-21(19)28(32)34-23/h5-16,26H,3-4,31H2,1-2H3,(H2,32,34)(H,33,35). The number of H-pyrrole nitrogens is 1. The summed E-state index contributed by atoms with van der Waals surface area (Å²) < 4.78 is 21.6. The third-order valence-electron chi connectivity index (χ3n) is 6.29. The molecule has 5 N–H and O–H groups in total. The Kier molecular flexibility index (Phi) is 6.29. The summed E-state index contributed by atoms with van der Waals surface area (Å²) in [6.45, 7) is 4.22. The Morgan fingerprint density at radius 2 is 1.78 bits per heavy atom. The number of nitrogens with zero attached hydrogens (tertiary/aromatic N) is 2. The molecule has 0 fully saturated rings. The van der Waals surface area contributed by atoms with Crippen LogP contribution in [0.3, 0.4) is 0 Å². The highest BCUT2D eigenvalue weighted by molar-refractivity contribution is 5.93. The van der Waals surface area contributed by atoms with Crippen molar-refractivity contribution < 1.29 is 9.13 Å². The molecule has 2 heterocycles. The summed E-state index contributed by atoms with van der Waals surface area (Å²) in [7, 11) is 0. The maximum atomic E-state index is 16.0. The van der Waals surface area contributed by atoms with Gasteiger partial charge in [0.2, 0.25) is 0 Å². The van der Waals surface area contributed by atoms with Crippen molar-refractivity contribution in [2.75, 3.05) is 18.1 Å². The molecular formula is C29H28FN5O. The van der Waals surface area contributed by atoms with Crippen molar-refractivity contribution in [2.24, 2.45) is 0 Å². The summed E-state index contributed by atoms with van der Waals surface area (Å²) >= 11 is 0. The summed E-state index contributed by atoms with van der Waals surface area (Å²) in [5, 5.41) is 1.61. The molecule has 5 aromatic rings. The molecule has 0 aliphatic rings. The fourth-order valence-corrected chi connectivity index (χ4v) is 4.51. The number of aromatic amines is 1. The van der Waals surface area contributed by atoms with Gasteiger partial charge in [0.05, 0.1) is 23.9 Å². The van der Waals surface area contributed by atoms with Crippen molar-refractivity contribution in [3.8, 4) is 17.0 Å². The molecule has 36 heavy (non-hydrogen) atoms. The summed E-state index contributed by atoms with van der Waals surface area (Å²) in [5.74, 6) is 0.0220. The smallest absolute Gasteiger partial charge is 0.169 e. The van der Waals surface area contributed by atoms with Crippen LogP contribution in [0.4, 0.5) is 15.9 Å². The zero-order valence-corrected chi connectivity index (χ0v) is 20.3. The maximum Gasteiger partial charge on any atom is 0.169 e. The minimum atomic E-state index is -0.652. The summed E-state index contributed by atoms with van der Waals surface area (Å²) in [4.78, 5) is 12.8. The number of rotatable bonds is 7. The van der Waals surface area contributed by atoms with Crippen LogP contribution in [0.5, 0.6) is 5.75 Å². The van der Waals surface area contributed by atoms with Gasteiger partial charge in [-0.25, -0.2) is 14.4 Å². The average Bonchev–Trinajstić information content (AvgIpc) is 3.36. The molecule has 7 heteroatoms. The number of fused-ring (bicyclic) bond motifs is 1. The lowest BCUT2D eigenvalue weighted by atomic mass is 9.90. The number of hydrogen-bond donors (Lipinski definition) is 3. The summed E-state index contributed by atoms with van der Waals surface area (Å²) in [5.41, 5.74) is 16.7. The van der Waals surface area contributed by atoms with Crippen LogP contribution in [0.15, 0.2) is 72.9 Å². The molecule has 0 radical (unpaired) electrons. The maximum absolute atomic E-state index is 16.0. The number of pyridine rings is 1. The molecular weight excluding hydrogens is 453 g/mol. The van der Waals surface area contributed by atoms with Gasteiger partial charge in [0.25, 0.3) is 0 Å². The molecule has 0 spiro atoms. The molecule has 2 aromatic heterocycles. The van der Waals surface area contributed by atoms with Gasteiger partial charge in [0, 0.05) is 28.4 Å². The van der Waals surface area contributed by atoms with Gasteiger partial charge in [-0.15, -0.1) is 0 Å². The monoisotopic (exact) mass is 481 g/mol. The molecule has 0 bridgehead atoms. The molecule has 3 aromatic carbocycles. The normalized spacial score (nSPS) is 12.1. The van der Waals surface area contributed by atoms with E-state index in [0.717, 1.165) is 34.0 Å². The van der Waals surface area contributed by atoms with Crippen LogP contribution >= 0.6 is 0 Å². The van der Waals surface area contributed by atoms with Gasteiger partial charge in [-0.2, -0.15) is 0 Å². The van der Waals surface area contributed by atoms with Crippen molar-refractivity contribution in [1.82, 2.24) is 15.0 Å². The molecule has 0 aliphatic carbocycles. The lowest BCUT2D eigenvalue weighted by molar-refractivity contribution is 0.319. The third-order valence-corrected chi connectivity index (χ3v) is 6.29. The number of aryl methyl sites for hydroxylation is 1. The summed E-state index contributed by atoms with van der Waals surface area (Å²) in [6, 6.07) is 20.8. The number of halogens is 1. The quantitative estimate of drug-likeness (QED) is 0.245. The van der Waals surface area contributed by atoms with Crippen molar-refractivity contribution in [1.29, 1.82) is 0 Å². The number of nitrogens with two attached hydrogens (primary N) is 2. The van der Waals surface area contributed by atoms with Crippen LogP contribution in [-0.2, 0) is 6.42 Å². The van der Waals surface area contributed by atoms with Gasteiger partial charge >= 0.3 is 0 Å². The van der Waals surface area contributed by atoms with E-state index in [1.54, 1.807) is 12.1 Å². The van der Waals surface area contributed by atoms with E-state index < -0.39 is 11.7 Å². The zero-order valence-electron chi connectivity index (χ0n) is 20.3. The number of nitrogens with one attached hydrogen (secondary N) is 1. The second-order valence-corrected chi connectivity index (χ2v) is 8.67. The van der Waals surface area contributed by atoms with Gasteiger partial charge in [0.1, 0.15) is 11.6 Å². The fraction of sp³-hybridized carbons (Fsp3) is 0.172. The van der Waals surface area contributed by atoms with E-state index in [4.69, 9.17) is 26.2 Å². The van der Waals surface area contributed by atoms with Crippen molar-refractivity contribution in [3.05, 3.63) is 101 Å². The van der Waals surface area contributed by atoms with Gasteiger partial charge < -0.3 is 21.2 Å². The van der Waals surface area contributed by atoms with Gasteiger partial charge in [-0.05, 0) is 54.6 Å². The number of aromatic nitrogens is 3. The first-order valence-electron chi connectivity index (χ1n) is 12.0. The number of anilines is 2. The van der Waals surface area contributed by atoms with Crippen LogP contribution in [-0.4, -0.2) is 21.6 Å². The summed E-state index contributed by atoms with van der Waals surface area (Å²) in [6.07, 6.45) is 2.54. The van der Waals surface area contributed by atoms with E-state index in [1.165, 1.54) is 0 Å². The predicted molar refractivity (Wildman–Crippen MR) is 142 cm³/mol. The Labute approximate surface area is 209 Å². The zero-order chi connectivity index (χ0) is 25.2. The lowest BCUT2D eigenvalue weighted by Crippen LogP contribution is -2.12. The Bertz CT molecular complexity index is 1530. The minimum Gasteiger partial charge on any atom is -0.491 e. The topological polar surface area (TPSA) is 103 Å². The minimum absolute atomic E-state index is 0.213. The molecule has 0 amide bonds. The average molecular weight is 482 g/mol. The van der Waals surface area contributed by atoms with Crippen LogP contribution in [0, 0.1) is 5.82 Å². The van der Waals surface area contributed by atoms with Crippen molar-refractivity contribution >= 4 is 22.3 Å². The molecule has 1 atom stereocenters. The molecule has 5 rings (SSSR count). The van der Waals surface area contributed by atoms with Crippen molar-refractivity contribution in [3.63, 3.8) is 0 Å². The van der Waals surface area contributed by atoms with Crippen LogP contribution in [0.2, 0.25) is 0 Å². The molecule has 0 saturated carbocycles. The Morgan fingerprint density at radius 3 is 2.53 bits per heavy atom. The predicted octanol–water partition coefficient (Wildman–Crippen LogP) is 6.07. The first kappa shape index (κ1) is 23.4. The largest absolute Gasteiger partial charge is 0.491 e. The van der Waals surface area contributed by atoms with E-state index >= 15 is 4.39 Å². The van der Waals surface area contributed by atoms with Gasteiger partial charge in [0.15, 0.2) is 11.6 Å². The highest BCUT2D eigenvalue weighted by atomic mass is 19.1. The highest BCUT2D eigenvalue weighted by Gasteiger charge is 2.28. The number of imidazole rings is 1. The van der Waals surface area contributed by atoms with E-state index in [2.05, 4.69) is 4.98 Å². The Hall–Kier alpha value is -4.39. The molecule has 0 saturated heterocycles. The Balaban J connectivity index is 1.75. The second-order valence-electron chi connectivity index (χ2n) is 8.67. The van der Waals surface area contributed by atoms with E-state index in [-0.39, 0.29) is 5.75 Å². The van der Waals surface area contributed by atoms with Crippen LogP contribution in [0.25, 0.3) is 22.0 Å². The third kappa shape index (κ3) is 4.35. The second kappa shape index (κ2) is 9.70. The molecule has 0 aliphatic heterocycles. The van der Waals surface area contributed by atoms with Crippen molar-refractivity contribution in [2.45, 2.75) is 26.2 Å². The SMILES string of the molecule is CCOc1cc(CC)cc(C(c2cc3cc(N)ccc3c(N)n2)c2nc(-c3ccccc3)c[nH]2)c1F.